The van der Waals surface area contributed by atoms with Gasteiger partial charge >= 0.3 is 0 Å². The molecule has 3 N–H and O–H groups in total. The maximum atomic E-state index is 12.3. The van der Waals surface area contributed by atoms with E-state index >= 15 is 0 Å². The van der Waals surface area contributed by atoms with Crippen LogP contribution in [0.5, 0.6) is 0 Å². The molecule has 4 nitrogen and oxygen atoms in total. The van der Waals surface area contributed by atoms with E-state index < -0.39 is 0 Å². The highest BCUT2D eigenvalue weighted by molar-refractivity contribution is 5.95. The fraction of sp³-hybridized carbons (Fsp3) is 0.588. The first-order chi connectivity index (χ1) is 10.0. The number of aliphatic hydroxyl groups is 1. The number of hydrogen-bond donors (Lipinski definition) is 3. The number of carbonyl (C=O) groups excluding carboxylic acids is 1. The molecule has 2 rings (SSSR count). The molecule has 1 aromatic rings. The molecule has 0 bridgehead atoms. The van der Waals surface area contributed by atoms with Crippen LogP contribution in [0.2, 0.25) is 0 Å². The van der Waals surface area contributed by atoms with Crippen molar-refractivity contribution in [1.29, 1.82) is 0 Å². The van der Waals surface area contributed by atoms with Gasteiger partial charge < -0.3 is 15.7 Å². The summed E-state index contributed by atoms with van der Waals surface area (Å²) in [6.07, 6.45) is 3.82. The molecule has 0 saturated carbocycles. The van der Waals surface area contributed by atoms with E-state index in [2.05, 4.69) is 24.5 Å². The summed E-state index contributed by atoms with van der Waals surface area (Å²) in [4.78, 5) is 12.3. The van der Waals surface area contributed by atoms with Crippen LogP contribution < -0.4 is 10.6 Å². The van der Waals surface area contributed by atoms with E-state index in [9.17, 15) is 4.79 Å². The number of aliphatic hydroxyl groups excluding tert-OH is 1. The summed E-state index contributed by atoms with van der Waals surface area (Å²) in [7, 11) is 0. The van der Waals surface area contributed by atoms with E-state index in [0.717, 1.165) is 43.5 Å². The summed E-state index contributed by atoms with van der Waals surface area (Å²) in [5.41, 5.74) is 3.12. The molecular weight excluding hydrogens is 264 g/mol. The minimum absolute atomic E-state index is 0.00809. The molecule has 0 saturated heterocycles. The number of nitrogens with one attached hydrogen (secondary N) is 2. The van der Waals surface area contributed by atoms with E-state index in [0.29, 0.717) is 6.54 Å². The average Bonchev–Trinajstić information content (AvgIpc) is 2.50. The Balaban J connectivity index is 1.94. The standard InChI is InChI=1S/C17H26N2O2/c1-17(2,8-4-10-20)12-19-16(21)14-6-7-15-13(11-14)5-3-9-18-15/h6-7,11,18,20H,3-5,8-10,12H2,1-2H3,(H,19,21). The predicted octanol–water partition coefficient (Wildman–Crippen LogP) is 2.57. The molecule has 0 fully saturated rings. The lowest BCUT2D eigenvalue weighted by molar-refractivity contribution is 0.0933. The maximum Gasteiger partial charge on any atom is 0.251 e. The van der Waals surface area contributed by atoms with Crippen molar-refractivity contribution in [3.8, 4) is 0 Å². The summed E-state index contributed by atoms with van der Waals surface area (Å²) in [5, 5.41) is 15.3. The van der Waals surface area contributed by atoms with Crippen LogP contribution in [0, 0.1) is 5.41 Å². The molecule has 0 radical (unpaired) electrons. The SMILES string of the molecule is CC(C)(CCCO)CNC(=O)c1ccc2c(c1)CCCN2. The molecular formula is C17H26N2O2. The highest BCUT2D eigenvalue weighted by Gasteiger charge is 2.19. The van der Waals surface area contributed by atoms with Crippen LogP contribution in [-0.2, 0) is 6.42 Å². The fourth-order valence-corrected chi connectivity index (χ4v) is 2.68. The van der Waals surface area contributed by atoms with Crippen molar-refractivity contribution in [2.45, 2.75) is 39.5 Å². The minimum atomic E-state index is -0.0135. The van der Waals surface area contributed by atoms with E-state index in [1.54, 1.807) is 0 Å². The van der Waals surface area contributed by atoms with Gasteiger partial charge in [-0.3, -0.25) is 4.79 Å². The lowest BCUT2D eigenvalue weighted by atomic mass is 9.88. The second kappa shape index (κ2) is 6.94. The van der Waals surface area contributed by atoms with Crippen molar-refractivity contribution in [1.82, 2.24) is 5.32 Å². The molecule has 0 aliphatic carbocycles. The highest BCUT2D eigenvalue weighted by atomic mass is 16.2. The first kappa shape index (κ1) is 15.8. The molecule has 0 aromatic heterocycles. The molecule has 116 valence electrons. The van der Waals surface area contributed by atoms with Gasteiger partial charge in [-0.1, -0.05) is 13.8 Å². The number of hydrogen-bond acceptors (Lipinski definition) is 3. The Kier molecular flexibility index (Phi) is 5.23. The van der Waals surface area contributed by atoms with Gasteiger partial charge in [0, 0.05) is 30.9 Å². The lowest BCUT2D eigenvalue weighted by Crippen LogP contribution is -2.34. The van der Waals surface area contributed by atoms with Crippen molar-refractivity contribution >= 4 is 11.6 Å². The third-order valence-electron chi connectivity index (χ3n) is 4.04. The third-order valence-corrected chi connectivity index (χ3v) is 4.04. The molecule has 1 aromatic carbocycles. The maximum absolute atomic E-state index is 12.3. The van der Waals surface area contributed by atoms with Crippen LogP contribution in [0.15, 0.2) is 18.2 Å². The summed E-state index contributed by atoms with van der Waals surface area (Å²) in [6, 6.07) is 5.88. The molecule has 4 heteroatoms. The Morgan fingerprint density at radius 3 is 3.00 bits per heavy atom. The van der Waals surface area contributed by atoms with Crippen molar-refractivity contribution in [2.75, 3.05) is 25.0 Å². The summed E-state index contributed by atoms with van der Waals surface area (Å²) in [6.45, 7) is 6.06. The smallest absolute Gasteiger partial charge is 0.251 e. The minimum Gasteiger partial charge on any atom is -0.396 e. The zero-order valence-electron chi connectivity index (χ0n) is 13.0. The van der Waals surface area contributed by atoms with Gasteiger partial charge in [-0.25, -0.2) is 0 Å². The van der Waals surface area contributed by atoms with Gasteiger partial charge in [0.2, 0.25) is 0 Å². The lowest BCUT2D eigenvalue weighted by Gasteiger charge is -2.25. The third kappa shape index (κ3) is 4.46. The quantitative estimate of drug-likeness (QED) is 0.754. The van der Waals surface area contributed by atoms with Crippen LogP contribution in [0.1, 0.15) is 49.0 Å². The Labute approximate surface area is 126 Å². The Morgan fingerprint density at radius 1 is 1.43 bits per heavy atom. The molecule has 1 amide bonds. The molecule has 0 atom stereocenters. The molecule has 1 aliphatic heterocycles. The number of amides is 1. The van der Waals surface area contributed by atoms with Gasteiger partial charge in [0.25, 0.3) is 5.91 Å². The van der Waals surface area contributed by atoms with Gasteiger partial charge in [0.15, 0.2) is 0 Å². The number of rotatable bonds is 6. The highest BCUT2D eigenvalue weighted by Crippen LogP contribution is 2.24. The predicted molar refractivity (Wildman–Crippen MR) is 85.7 cm³/mol. The topological polar surface area (TPSA) is 61.4 Å². The van der Waals surface area contributed by atoms with E-state index in [4.69, 9.17) is 5.11 Å². The molecule has 0 unspecified atom stereocenters. The Morgan fingerprint density at radius 2 is 2.24 bits per heavy atom. The van der Waals surface area contributed by atoms with Crippen LogP contribution in [0.4, 0.5) is 5.69 Å². The van der Waals surface area contributed by atoms with Gasteiger partial charge in [0.1, 0.15) is 0 Å². The summed E-state index contributed by atoms with van der Waals surface area (Å²) in [5.74, 6) is -0.0135. The van der Waals surface area contributed by atoms with Gasteiger partial charge in [-0.2, -0.15) is 0 Å². The van der Waals surface area contributed by atoms with Crippen molar-refractivity contribution in [2.24, 2.45) is 5.41 Å². The molecule has 21 heavy (non-hydrogen) atoms. The van der Waals surface area contributed by atoms with E-state index in [1.165, 1.54) is 5.56 Å². The second-order valence-corrected chi connectivity index (χ2v) is 6.58. The number of carbonyl (C=O) groups is 1. The van der Waals surface area contributed by atoms with Crippen LogP contribution in [0.25, 0.3) is 0 Å². The first-order valence-electron chi connectivity index (χ1n) is 7.78. The number of anilines is 1. The van der Waals surface area contributed by atoms with Crippen molar-refractivity contribution in [3.63, 3.8) is 0 Å². The molecule has 1 aliphatic rings. The first-order valence-corrected chi connectivity index (χ1v) is 7.78. The molecule has 0 spiro atoms. The van der Waals surface area contributed by atoms with Crippen molar-refractivity contribution < 1.29 is 9.90 Å². The summed E-state index contributed by atoms with van der Waals surface area (Å²) < 4.78 is 0. The van der Waals surface area contributed by atoms with Crippen LogP contribution in [0.3, 0.4) is 0 Å². The fourth-order valence-electron chi connectivity index (χ4n) is 2.68. The van der Waals surface area contributed by atoms with Crippen molar-refractivity contribution in [3.05, 3.63) is 29.3 Å². The number of benzene rings is 1. The largest absolute Gasteiger partial charge is 0.396 e. The van der Waals surface area contributed by atoms with E-state index in [1.807, 2.05) is 18.2 Å². The van der Waals surface area contributed by atoms with Gasteiger partial charge in [-0.15, -0.1) is 0 Å². The zero-order chi connectivity index (χ0) is 15.3. The number of aryl methyl sites for hydroxylation is 1. The van der Waals surface area contributed by atoms with Crippen LogP contribution >= 0.6 is 0 Å². The zero-order valence-corrected chi connectivity index (χ0v) is 13.0. The Hall–Kier alpha value is -1.55. The normalized spacial score (nSPS) is 14.2. The monoisotopic (exact) mass is 290 g/mol. The summed E-state index contributed by atoms with van der Waals surface area (Å²) >= 11 is 0. The van der Waals surface area contributed by atoms with Gasteiger partial charge in [0.05, 0.1) is 0 Å². The van der Waals surface area contributed by atoms with E-state index in [-0.39, 0.29) is 17.9 Å². The second-order valence-electron chi connectivity index (χ2n) is 6.58. The Bertz CT molecular complexity index is 498. The number of fused-ring (bicyclic) bond motifs is 1. The average molecular weight is 290 g/mol. The van der Waals surface area contributed by atoms with Gasteiger partial charge in [-0.05, 0) is 54.9 Å². The van der Waals surface area contributed by atoms with Crippen LogP contribution in [-0.4, -0.2) is 30.7 Å². The molecule has 1 heterocycles.